The van der Waals surface area contributed by atoms with Crippen LogP contribution in [0, 0.1) is 0 Å². The molecule has 1 amide bonds. The number of fused-ring (bicyclic) bond motifs is 3. The van der Waals surface area contributed by atoms with Gasteiger partial charge in [-0.15, -0.1) is 10.2 Å². The SMILES string of the molecule is CC(=O)c1cccc(NC(=O)[C@@H](C)Sc2nnc3n(-c4ccccc4)c(=O)c4ccccc4n23)c1. The lowest BCUT2D eigenvalue weighted by atomic mass is 10.1. The molecule has 0 saturated carbocycles. The van der Waals surface area contributed by atoms with E-state index in [0.717, 1.165) is 0 Å². The quantitative estimate of drug-likeness (QED) is 0.285. The first-order valence-electron chi connectivity index (χ1n) is 11.0. The Morgan fingerprint density at radius 2 is 1.69 bits per heavy atom. The molecule has 35 heavy (non-hydrogen) atoms. The van der Waals surface area contributed by atoms with Gasteiger partial charge in [-0.2, -0.15) is 0 Å². The zero-order chi connectivity index (χ0) is 24.5. The van der Waals surface area contributed by atoms with E-state index >= 15 is 0 Å². The lowest BCUT2D eigenvalue weighted by Gasteiger charge is -2.13. The van der Waals surface area contributed by atoms with Gasteiger partial charge in [0, 0.05) is 11.3 Å². The normalized spacial score (nSPS) is 12.1. The minimum atomic E-state index is -0.528. The summed E-state index contributed by atoms with van der Waals surface area (Å²) < 4.78 is 3.33. The molecule has 0 fully saturated rings. The number of thioether (sulfide) groups is 1. The van der Waals surface area contributed by atoms with E-state index in [1.165, 1.54) is 23.3 Å². The van der Waals surface area contributed by atoms with Crippen LogP contribution in [0.2, 0.25) is 0 Å². The van der Waals surface area contributed by atoms with Crippen molar-refractivity contribution in [1.29, 1.82) is 0 Å². The van der Waals surface area contributed by atoms with Crippen LogP contribution in [0.1, 0.15) is 24.2 Å². The number of ketones is 1. The third kappa shape index (κ3) is 4.22. The summed E-state index contributed by atoms with van der Waals surface area (Å²) >= 11 is 1.24. The van der Waals surface area contributed by atoms with Gasteiger partial charge in [-0.05, 0) is 50.2 Å². The van der Waals surface area contributed by atoms with Crippen LogP contribution in [0.15, 0.2) is 88.8 Å². The van der Waals surface area contributed by atoms with Gasteiger partial charge >= 0.3 is 0 Å². The van der Waals surface area contributed by atoms with Crippen LogP contribution >= 0.6 is 11.8 Å². The van der Waals surface area contributed by atoms with Crippen LogP contribution in [0.5, 0.6) is 0 Å². The average Bonchev–Trinajstić information content (AvgIpc) is 3.28. The zero-order valence-corrected chi connectivity index (χ0v) is 19.8. The van der Waals surface area contributed by atoms with Crippen molar-refractivity contribution in [1.82, 2.24) is 19.2 Å². The monoisotopic (exact) mass is 483 g/mol. The van der Waals surface area contributed by atoms with Crippen molar-refractivity contribution in [2.75, 3.05) is 5.32 Å². The van der Waals surface area contributed by atoms with Crippen LogP contribution in [-0.4, -0.2) is 36.1 Å². The van der Waals surface area contributed by atoms with Crippen molar-refractivity contribution in [2.45, 2.75) is 24.3 Å². The Morgan fingerprint density at radius 1 is 0.943 bits per heavy atom. The molecule has 2 heterocycles. The Morgan fingerprint density at radius 3 is 2.46 bits per heavy atom. The molecule has 174 valence electrons. The van der Waals surface area contributed by atoms with Crippen molar-refractivity contribution in [3.05, 3.63) is 94.8 Å². The van der Waals surface area contributed by atoms with E-state index in [1.807, 2.05) is 48.5 Å². The summed E-state index contributed by atoms with van der Waals surface area (Å²) in [4.78, 5) is 37.9. The number of hydrogen-bond donors (Lipinski definition) is 1. The number of nitrogens with zero attached hydrogens (tertiary/aromatic N) is 4. The lowest BCUT2D eigenvalue weighted by molar-refractivity contribution is -0.115. The van der Waals surface area contributed by atoms with Crippen molar-refractivity contribution >= 4 is 45.8 Å². The molecule has 0 aliphatic carbocycles. The van der Waals surface area contributed by atoms with Crippen molar-refractivity contribution in [3.63, 3.8) is 0 Å². The molecule has 1 atom stereocenters. The Bertz CT molecular complexity index is 1640. The molecule has 9 heteroatoms. The number of anilines is 1. The fourth-order valence-corrected chi connectivity index (χ4v) is 4.69. The van der Waals surface area contributed by atoms with Gasteiger partial charge in [-0.3, -0.25) is 18.8 Å². The zero-order valence-electron chi connectivity index (χ0n) is 19.0. The molecule has 8 nitrogen and oxygen atoms in total. The van der Waals surface area contributed by atoms with Crippen LogP contribution in [0.25, 0.3) is 22.4 Å². The summed E-state index contributed by atoms with van der Waals surface area (Å²) in [6.07, 6.45) is 0. The summed E-state index contributed by atoms with van der Waals surface area (Å²) in [6, 6.07) is 23.3. The number of Topliss-reactive ketones (excluding diaryl/α,β-unsaturated/α-hetero) is 1. The molecule has 0 aliphatic heterocycles. The molecule has 1 N–H and O–H groups in total. The average molecular weight is 484 g/mol. The molecular formula is C26H21N5O3S. The molecule has 5 aromatic rings. The van der Waals surface area contributed by atoms with Crippen LogP contribution in [-0.2, 0) is 4.79 Å². The van der Waals surface area contributed by atoms with Gasteiger partial charge in [0.15, 0.2) is 10.9 Å². The predicted molar refractivity (Wildman–Crippen MR) is 136 cm³/mol. The molecular weight excluding hydrogens is 462 g/mol. The second-order valence-corrected chi connectivity index (χ2v) is 9.31. The fraction of sp³-hybridized carbons (Fsp3) is 0.115. The van der Waals surface area contributed by atoms with Crippen LogP contribution < -0.4 is 10.9 Å². The number of nitrogens with one attached hydrogen (secondary N) is 1. The van der Waals surface area contributed by atoms with Crippen LogP contribution in [0.4, 0.5) is 5.69 Å². The van der Waals surface area contributed by atoms with E-state index < -0.39 is 5.25 Å². The minimum absolute atomic E-state index is 0.0743. The number of benzene rings is 3. The lowest BCUT2D eigenvalue weighted by Crippen LogP contribution is -2.23. The first-order valence-corrected chi connectivity index (χ1v) is 11.8. The summed E-state index contributed by atoms with van der Waals surface area (Å²) in [5.74, 6) is 0.0482. The highest BCUT2D eigenvalue weighted by Gasteiger charge is 2.22. The first-order chi connectivity index (χ1) is 16.9. The van der Waals surface area contributed by atoms with Gasteiger partial charge in [0.1, 0.15) is 0 Å². The summed E-state index contributed by atoms with van der Waals surface area (Å²) in [5.41, 5.74) is 2.21. The highest BCUT2D eigenvalue weighted by molar-refractivity contribution is 8.00. The number of para-hydroxylation sites is 2. The third-order valence-electron chi connectivity index (χ3n) is 5.60. The maximum Gasteiger partial charge on any atom is 0.267 e. The second kappa shape index (κ2) is 9.19. The number of rotatable bonds is 6. The van der Waals surface area contributed by atoms with E-state index in [4.69, 9.17) is 0 Å². The summed E-state index contributed by atoms with van der Waals surface area (Å²) in [5, 5.41) is 12.0. The standard InChI is InChI=1S/C26H21N5O3S/c1-16(32)18-9-8-10-19(15-18)27-23(33)17(2)35-26-29-28-25-30(20-11-4-3-5-12-20)24(34)21-13-6-7-14-22(21)31(25)26/h3-15,17H,1-2H3,(H,27,33)/t17-/m1/s1. The van der Waals surface area contributed by atoms with Crippen LogP contribution in [0.3, 0.4) is 0 Å². The first kappa shape index (κ1) is 22.5. The molecule has 0 radical (unpaired) electrons. The summed E-state index contributed by atoms with van der Waals surface area (Å²) in [7, 11) is 0. The van der Waals surface area contributed by atoms with E-state index in [9.17, 15) is 14.4 Å². The van der Waals surface area contributed by atoms with Gasteiger partial charge in [0.05, 0.1) is 21.8 Å². The largest absolute Gasteiger partial charge is 0.325 e. The number of carbonyl (C=O) groups excluding carboxylic acids is 2. The van der Waals surface area contributed by atoms with Gasteiger partial charge in [0.25, 0.3) is 5.56 Å². The van der Waals surface area contributed by atoms with Crippen molar-refractivity contribution in [2.24, 2.45) is 0 Å². The fourth-order valence-electron chi connectivity index (χ4n) is 3.84. The molecule has 0 aliphatic rings. The van der Waals surface area contributed by atoms with E-state index in [-0.39, 0.29) is 17.2 Å². The third-order valence-corrected chi connectivity index (χ3v) is 6.64. The maximum absolute atomic E-state index is 13.3. The molecule has 0 unspecified atom stereocenters. The maximum atomic E-state index is 13.3. The Labute approximate surface area is 204 Å². The van der Waals surface area contributed by atoms with Gasteiger partial charge in [0.2, 0.25) is 11.7 Å². The predicted octanol–water partition coefficient (Wildman–Crippen LogP) is 4.36. The number of amides is 1. The molecule has 3 aromatic carbocycles. The van der Waals surface area contributed by atoms with Crippen molar-refractivity contribution < 1.29 is 9.59 Å². The Hall–Kier alpha value is -4.24. The molecule has 0 spiro atoms. The second-order valence-electron chi connectivity index (χ2n) is 8.00. The molecule has 0 saturated heterocycles. The van der Waals surface area contributed by atoms with E-state index in [2.05, 4.69) is 15.5 Å². The van der Waals surface area contributed by atoms with Crippen molar-refractivity contribution in [3.8, 4) is 5.69 Å². The minimum Gasteiger partial charge on any atom is -0.325 e. The van der Waals surface area contributed by atoms with E-state index in [1.54, 1.807) is 41.7 Å². The van der Waals surface area contributed by atoms with Gasteiger partial charge in [-0.25, -0.2) is 4.57 Å². The smallest absolute Gasteiger partial charge is 0.267 e. The molecule has 5 rings (SSSR count). The van der Waals surface area contributed by atoms with Gasteiger partial charge in [-0.1, -0.05) is 54.2 Å². The Kier molecular flexibility index (Phi) is 5.92. The molecule has 0 bridgehead atoms. The van der Waals surface area contributed by atoms with Gasteiger partial charge < -0.3 is 5.32 Å². The topological polar surface area (TPSA) is 98.4 Å². The number of aromatic nitrogens is 4. The highest BCUT2D eigenvalue weighted by Crippen LogP contribution is 2.27. The number of hydrogen-bond acceptors (Lipinski definition) is 6. The number of carbonyl (C=O) groups is 2. The Balaban J connectivity index is 1.54. The highest BCUT2D eigenvalue weighted by atomic mass is 32.2. The van der Waals surface area contributed by atoms with E-state index in [0.29, 0.717) is 38.8 Å². The molecule has 2 aromatic heterocycles. The summed E-state index contributed by atoms with van der Waals surface area (Å²) in [6.45, 7) is 3.25.